The van der Waals surface area contributed by atoms with Crippen molar-refractivity contribution in [3.05, 3.63) is 71.6 Å². The number of hydrogen-bond acceptors (Lipinski definition) is 5. The predicted molar refractivity (Wildman–Crippen MR) is 111 cm³/mol. The lowest BCUT2D eigenvalue weighted by molar-refractivity contribution is -0.137. The SMILES string of the molecule is CC(=O)NC1(c2ccccc2)CCN(Cc2nc(-c3ccc(C(F)(F)F)cc3)no2)CC1. The summed E-state index contributed by atoms with van der Waals surface area (Å²) in [5, 5.41) is 7.05. The molecular weight excluding hydrogens is 421 g/mol. The van der Waals surface area contributed by atoms with Crippen LogP contribution in [0.1, 0.15) is 36.8 Å². The number of rotatable bonds is 5. The van der Waals surface area contributed by atoms with Crippen molar-refractivity contribution in [3.8, 4) is 11.4 Å². The smallest absolute Gasteiger partial charge is 0.347 e. The lowest BCUT2D eigenvalue weighted by Crippen LogP contribution is -2.52. The van der Waals surface area contributed by atoms with Gasteiger partial charge in [-0.25, -0.2) is 0 Å². The first-order valence-corrected chi connectivity index (χ1v) is 10.3. The van der Waals surface area contributed by atoms with E-state index in [0.29, 0.717) is 31.1 Å². The van der Waals surface area contributed by atoms with Crippen LogP contribution in [0.3, 0.4) is 0 Å². The molecule has 1 aliphatic heterocycles. The van der Waals surface area contributed by atoms with Crippen molar-refractivity contribution in [2.45, 2.75) is 38.0 Å². The van der Waals surface area contributed by atoms with Crippen LogP contribution in [0.2, 0.25) is 0 Å². The zero-order chi connectivity index (χ0) is 22.8. The maximum atomic E-state index is 12.7. The summed E-state index contributed by atoms with van der Waals surface area (Å²) in [5.41, 5.74) is 0.404. The molecule has 4 rings (SSSR count). The molecule has 1 fully saturated rings. The Morgan fingerprint density at radius 1 is 1.09 bits per heavy atom. The molecule has 1 aliphatic rings. The monoisotopic (exact) mass is 444 g/mol. The van der Waals surface area contributed by atoms with Crippen LogP contribution >= 0.6 is 0 Å². The van der Waals surface area contributed by atoms with E-state index in [0.717, 1.165) is 30.5 Å². The number of hydrogen-bond donors (Lipinski definition) is 1. The number of aromatic nitrogens is 2. The summed E-state index contributed by atoms with van der Waals surface area (Å²) in [5.74, 6) is 0.578. The number of piperidine rings is 1. The number of nitrogens with zero attached hydrogens (tertiary/aromatic N) is 3. The molecule has 2 heterocycles. The summed E-state index contributed by atoms with van der Waals surface area (Å²) in [4.78, 5) is 18.4. The second kappa shape index (κ2) is 8.74. The topological polar surface area (TPSA) is 71.3 Å². The third-order valence-corrected chi connectivity index (χ3v) is 5.75. The van der Waals surface area contributed by atoms with Crippen LogP contribution in [0.25, 0.3) is 11.4 Å². The van der Waals surface area contributed by atoms with E-state index >= 15 is 0 Å². The predicted octanol–water partition coefficient (Wildman–Crippen LogP) is 4.38. The summed E-state index contributed by atoms with van der Waals surface area (Å²) in [6, 6.07) is 14.6. The van der Waals surface area contributed by atoms with Crippen LogP contribution in [0.4, 0.5) is 13.2 Å². The van der Waals surface area contributed by atoms with Crippen molar-refractivity contribution in [1.29, 1.82) is 0 Å². The van der Waals surface area contributed by atoms with Gasteiger partial charge in [-0.1, -0.05) is 47.6 Å². The number of amides is 1. The van der Waals surface area contributed by atoms with Crippen molar-refractivity contribution in [3.63, 3.8) is 0 Å². The molecule has 0 radical (unpaired) electrons. The molecule has 1 saturated heterocycles. The van der Waals surface area contributed by atoms with Crippen molar-refractivity contribution >= 4 is 5.91 Å². The highest BCUT2D eigenvalue weighted by molar-refractivity contribution is 5.74. The first kappa shape index (κ1) is 22.0. The second-order valence-corrected chi connectivity index (χ2v) is 7.99. The standard InChI is InChI=1S/C23H23F3N4O2/c1-16(31)28-22(18-5-3-2-4-6-18)11-13-30(14-12-22)15-20-27-21(29-32-20)17-7-9-19(10-8-17)23(24,25)26/h2-10H,11-15H2,1H3,(H,28,31). The minimum Gasteiger partial charge on any atom is -0.347 e. The van der Waals surface area contributed by atoms with Crippen molar-refractivity contribution in [2.75, 3.05) is 13.1 Å². The minimum absolute atomic E-state index is 0.0691. The Morgan fingerprint density at radius 3 is 2.34 bits per heavy atom. The lowest BCUT2D eigenvalue weighted by Gasteiger charge is -2.42. The van der Waals surface area contributed by atoms with Gasteiger partial charge in [0.05, 0.1) is 17.6 Å². The van der Waals surface area contributed by atoms with E-state index in [9.17, 15) is 18.0 Å². The molecule has 0 atom stereocenters. The lowest BCUT2D eigenvalue weighted by atomic mass is 9.80. The van der Waals surface area contributed by atoms with Crippen LogP contribution in [-0.2, 0) is 23.1 Å². The first-order chi connectivity index (χ1) is 15.2. The molecule has 0 spiro atoms. The highest BCUT2D eigenvalue weighted by Gasteiger charge is 2.37. The number of carbonyl (C=O) groups excluding carboxylic acids is 1. The molecule has 0 saturated carbocycles. The van der Waals surface area contributed by atoms with Gasteiger partial charge in [0.15, 0.2) is 0 Å². The van der Waals surface area contributed by atoms with E-state index < -0.39 is 17.3 Å². The zero-order valence-electron chi connectivity index (χ0n) is 17.5. The quantitative estimate of drug-likeness (QED) is 0.632. The van der Waals surface area contributed by atoms with E-state index in [1.807, 2.05) is 30.3 Å². The molecule has 0 unspecified atom stereocenters. The highest BCUT2D eigenvalue weighted by Crippen LogP contribution is 2.34. The fraction of sp³-hybridized carbons (Fsp3) is 0.348. The molecule has 1 amide bonds. The van der Waals surface area contributed by atoms with Crippen molar-refractivity contribution in [2.24, 2.45) is 0 Å². The van der Waals surface area contributed by atoms with Crippen LogP contribution in [-0.4, -0.2) is 34.0 Å². The van der Waals surface area contributed by atoms with Gasteiger partial charge in [-0.3, -0.25) is 9.69 Å². The van der Waals surface area contributed by atoms with Gasteiger partial charge < -0.3 is 9.84 Å². The fourth-order valence-corrected chi connectivity index (χ4v) is 4.11. The highest BCUT2D eigenvalue weighted by atomic mass is 19.4. The number of alkyl halides is 3. The number of carbonyl (C=O) groups is 1. The molecule has 32 heavy (non-hydrogen) atoms. The zero-order valence-corrected chi connectivity index (χ0v) is 17.5. The Balaban J connectivity index is 1.41. The van der Waals surface area contributed by atoms with Gasteiger partial charge in [-0.05, 0) is 30.5 Å². The molecule has 1 N–H and O–H groups in total. The number of nitrogens with one attached hydrogen (secondary N) is 1. The van der Waals surface area contributed by atoms with Gasteiger partial charge in [0.25, 0.3) is 0 Å². The minimum atomic E-state index is -4.39. The number of likely N-dealkylation sites (tertiary alicyclic amines) is 1. The molecule has 9 heteroatoms. The molecule has 3 aromatic rings. The fourth-order valence-electron chi connectivity index (χ4n) is 4.11. The Morgan fingerprint density at radius 2 is 1.75 bits per heavy atom. The maximum Gasteiger partial charge on any atom is 0.416 e. The van der Waals surface area contributed by atoms with Crippen molar-refractivity contribution < 1.29 is 22.5 Å². The van der Waals surface area contributed by atoms with Crippen LogP contribution in [0.5, 0.6) is 0 Å². The number of halogens is 3. The third-order valence-electron chi connectivity index (χ3n) is 5.75. The summed E-state index contributed by atoms with van der Waals surface area (Å²) in [7, 11) is 0. The maximum absolute atomic E-state index is 12.7. The summed E-state index contributed by atoms with van der Waals surface area (Å²) in [6.45, 7) is 3.39. The average Bonchev–Trinajstić information content (AvgIpc) is 3.23. The molecule has 6 nitrogen and oxygen atoms in total. The van der Waals surface area contributed by atoms with Gasteiger partial charge in [-0.2, -0.15) is 18.2 Å². The third kappa shape index (κ3) is 4.83. The van der Waals surface area contributed by atoms with Crippen molar-refractivity contribution in [1.82, 2.24) is 20.4 Å². The molecule has 0 bridgehead atoms. The van der Waals surface area contributed by atoms with E-state index in [4.69, 9.17) is 4.52 Å². The Labute approximate surface area is 183 Å². The Hall–Kier alpha value is -3.20. The Bertz CT molecular complexity index is 1060. The van der Waals surface area contributed by atoms with Crippen LogP contribution in [0.15, 0.2) is 59.1 Å². The van der Waals surface area contributed by atoms with E-state index in [1.54, 1.807) is 0 Å². The summed E-state index contributed by atoms with van der Waals surface area (Å²) >= 11 is 0. The first-order valence-electron chi connectivity index (χ1n) is 10.3. The van der Waals surface area contributed by atoms with E-state index in [-0.39, 0.29) is 11.7 Å². The summed E-state index contributed by atoms with van der Waals surface area (Å²) < 4.78 is 43.5. The Kier molecular flexibility index (Phi) is 6.01. The van der Waals surface area contributed by atoms with E-state index in [1.165, 1.54) is 19.1 Å². The average molecular weight is 444 g/mol. The van der Waals surface area contributed by atoms with E-state index in [2.05, 4.69) is 20.4 Å². The van der Waals surface area contributed by atoms with Gasteiger partial charge in [-0.15, -0.1) is 0 Å². The van der Waals surface area contributed by atoms with Gasteiger partial charge in [0.2, 0.25) is 17.6 Å². The largest absolute Gasteiger partial charge is 0.416 e. The molecule has 0 aliphatic carbocycles. The van der Waals surface area contributed by atoms with Gasteiger partial charge in [0.1, 0.15) is 0 Å². The number of benzene rings is 2. The van der Waals surface area contributed by atoms with Crippen LogP contribution < -0.4 is 5.32 Å². The summed E-state index contributed by atoms with van der Waals surface area (Å²) in [6.07, 6.45) is -2.92. The molecular formula is C23H23F3N4O2. The molecule has 2 aromatic carbocycles. The van der Waals surface area contributed by atoms with Gasteiger partial charge in [0, 0.05) is 25.6 Å². The molecule has 168 valence electrons. The normalized spacial score (nSPS) is 16.6. The van der Waals surface area contributed by atoms with Crippen LogP contribution in [0, 0.1) is 0 Å². The van der Waals surface area contributed by atoms with Gasteiger partial charge >= 0.3 is 6.18 Å². The molecule has 1 aromatic heterocycles. The second-order valence-electron chi connectivity index (χ2n) is 7.99.